The number of aromatic nitrogens is 2. The van der Waals surface area contributed by atoms with Crippen LogP contribution in [0.3, 0.4) is 0 Å². The molecule has 8 nitrogen and oxygen atoms in total. The van der Waals surface area contributed by atoms with Gasteiger partial charge in [-0.1, -0.05) is 32.0 Å². The zero-order chi connectivity index (χ0) is 22.4. The molecule has 1 aliphatic heterocycles. The van der Waals surface area contributed by atoms with Gasteiger partial charge in [-0.2, -0.15) is 4.98 Å². The number of halogens is 1. The topological polar surface area (TPSA) is 100 Å². The SMILES string of the molecule is CC(C)(C)c1noc(CCC(=O)N2CCCC(CNC(=O)Nc3cccc(F)c3)C2)n1. The van der Waals surface area contributed by atoms with Gasteiger partial charge in [0, 0.05) is 43.6 Å². The molecule has 0 spiro atoms. The van der Waals surface area contributed by atoms with Gasteiger partial charge in [0.25, 0.3) is 0 Å². The fraction of sp³-hybridized carbons (Fsp3) is 0.545. The van der Waals surface area contributed by atoms with Crippen molar-refractivity contribution in [3.63, 3.8) is 0 Å². The molecule has 2 N–H and O–H groups in total. The van der Waals surface area contributed by atoms with E-state index in [1.165, 1.54) is 18.2 Å². The fourth-order valence-electron chi connectivity index (χ4n) is 3.47. The van der Waals surface area contributed by atoms with E-state index in [1.807, 2.05) is 25.7 Å². The lowest BCUT2D eigenvalue weighted by molar-refractivity contribution is -0.133. The van der Waals surface area contributed by atoms with Crippen molar-refractivity contribution in [2.45, 2.75) is 51.9 Å². The van der Waals surface area contributed by atoms with Crippen molar-refractivity contribution in [3.05, 3.63) is 41.8 Å². The number of hydrogen-bond acceptors (Lipinski definition) is 5. The van der Waals surface area contributed by atoms with Crippen LogP contribution in [0.25, 0.3) is 0 Å². The summed E-state index contributed by atoms with van der Waals surface area (Å²) in [5.74, 6) is 0.920. The summed E-state index contributed by atoms with van der Waals surface area (Å²) in [5.41, 5.74) is 0.202. The van der Waals surface area contributed by atoms with E-state index >= 15 is 0 Å². The Morgan fingerprint density at radius 3 is 2.84 bits per heavy atom. The molecule has 1 fully saturated rings. The Labute approximate surface area is 181 Å². The minimum atomic E-state index is -0.408. The molecule has 1 aromatic heterocycles. The first-order valence-electron chi connectivity index (χ1n) is 10.6. The first-order valence-corrected chi connectivity index (χ1v) is 10.6. The molecule has 168 valence electrons. The smallest absolute Gasteiger partial charge is 0.319 e. The molecule has 1 aromatic carbocycles. The lowest BCUT2D eigenvalue weighted by Crippen LogP contribution is -2.44. The molecule has 3 amide bonds. The Balaban J connectivity index is 1.42. The Morgan fingerprint density at radius 2 is 2.13 bits per heavy atom. The highest BCUT2D eigenvalue weighted by Gasteiger charge is 2.25. The molecule has 2 heterocycles. The summed E-state index contributed by atoms with van der Waals surface area (Å²) >= 11 is 0. The molecule has 9 heteroatoms. The number of anilines is 1. The number of aryl methyl sites for hydroxylation is 1. The van der Waals surface area contributed by atoms with Crippen LogP contribution >= 0.6 is 0 Å². The van der Waals surface area contributed by atoms with E-state index in [0.29, 0.717) is 49.9 Å². The number of urea groups is 1. The molecule has 0 saturated carbocycles. The molecule has 1 aliphatic rings. The van der Waals surface area contributed by atoms with Crippen molar-refractivity contribution in [2.75, 3.05) is 25.0 Å². The number of carbonyl (C=O) groups excluding carboxylic acids is 2. The first kappa shape index (κ1) is 22.7. The number of nitrogens with zero attached hydrogens (tertiary/aromatic N) is 3. The van der Waals surface area contributed by atoms with Crippen LogP contribution in [0, 0.1) is 11.7 Å². The van der Waals surface area contributed by atoms with Crippen molar-refractivity contribution < 1.29 is 18.5 Å². The molecule has 1 atom stereocenters. The summed E-state index contributed by atoms with van der Waals surface area (Å²) < 4.78 is 18.5. The number of likely N-dealkylation sites (tertiary alicyclic amines) is 1. The summed E-state index contributed by atoms with van der Waals surface area (Å²) in [6.45, 7) is 7.77. The maximum Gasteiger partial charge on any atom is 0.319 e. The summed E-state index contributed by atoms with van der Waals surface area (Å²) in [7, 11) is 0. The molecule has 0 aliphatic carbocycles. The normalized spacial score (nSPS) is 16.8. The maximum absolute atomic E-state index is 13.2. The summed E-state index contributed by atoms with van der Waals surface area (Å²) in [6, 6.07) is 5.35. The third kappa shape index (κ3) is 6.77. The van der Waals surface area contributed by atoms with Gasteiger partial charge >= 0.3 is 6.03 Å². The van der Waals surface area contributed by atoms with Crippen LogP contribution in [-0.2, 0) is 16.6 Å². The second-order valence-corrected chi connectivity index (χ2v) is 8.96. The maximum atomic E-state index is 13.2. The zero-order valence-electron chi connectivity index (χ0n) is 18.3. The van der Waals surface area contributed by atoms with Gasteiger partial charge in [-0.05, 0) is 37.0 Å². The lowest BCUT2D eigenvalue weighted by Gasteiger charge is -2.33. The van der Waals surface area contributed by atoms with Crippen LogP contribution < -0.4 is 10.6 Å². The van der Waals surface area contributed by atoms with Crippen molar-refractivity contribution in [1.82, 2.24) is 20.4 Å². The van der Waals surface area contributed by atoms with Gasteiger partial charge in [-0.3, -0.25) is 4.79 Å². The number of amides is 3. The van der Waals surface area contributed by atoms with Gasteiger partial charge in [-0.25, -0.2) is 9.18 Å². The van der Waals surface area contributed by atoms with E-state index in [4.69, 9.17) is 4.52 Å². The molecular formula is C22H30FN5O3. The second kappa shape index (κ2) is 9.89. The van der Waals surface area contributed by atoms with Gasteiger partial charge < -0.3 is 20.1 Å². The molecular weight excluding hydrogens is 401 g/mol. The Morgan fingerprint density at radius 1 is 1.32 bits per heavy atom. The van der Waals surface area contributed by atoms with E-state index in [1.54, 1.807) is 6.07 Å². The highest BCUT2D eigenvalue weighted by molar-refractivity contribution is 5.89. The van der Waals surface area contributed by atoms with Gasteiger partial charge in [0.1, 0.15) is 5.82 Å². The number of nitrogens with one attached hydrogen (secondary N) is 2. The van der Waals surface area contributed by atoms with E-state index < -0.39 is 5.82 Å². The van der Waals surface area contributed by atoms with Crippen LogP contribution in [0.2, 0.25) is 0 Å². The molecule has 1 saturated heterocycles. The van der Waals surface area contributed by atoms with E-state index in [9.17, 15) is 14.0 Å². The van der Waals surface area contributed by atoms with Gasteiger partial charge in [-0.15, -0.1) is 0 Å². The Hall–Kier alpha value is -2.97. The second-order valence-electron chi connectivity index (χ2n) is 8.96. The summed E-state index contributed by atoms with van der Waals surface area (Å²) in [4.78, 5) is 30.9. The minimum absolute atomic E-state index is 0.0458. The minimum Gasteiger partial charge on any atom is -0.342 e. The average molecular weight is 432 g/mol. The van der Waals surface area contributed by atoms with Crippen LogP contribution in [0.1, 0.15) is 51.7 Å². The molecule has 2 aromatic rings. The molecule has 1 unspecified atom stereocenters. The highest BCUT2D eigenvalue weighted by Crippen LogP contribution is 2.20. The molecule has 3 rings (SSSR count). The van der Waals surface area contributed by atoms with Crippen molar-refractivity contribution in [2.24, 2.45) is 5.92 Å². The molecule has 0 radical (unpaired) electrons. The van der Waals surface area contributed by atoms with Crippen molar-refractivity contribution >= 4 is 17.6 Å². The van der Waals surface area contributed by atoms with Crippen LogP contribution in [0.5, 0.6) is 0 Å². The number of piperidine rings is 1. The van der Waals surface area contributed by atoms with Gasteiger partial charge in [0.2, 0.25) is 11.8 Å². The number of carbonyl (C=O) groups is 2. The average Bonchev–Trinajstić information content (AvgIpc) is 3.20. The molecule has 31 heavy (non-hydrogen) atoms. The quantitative estimate of drug-likeness (QED) is 0.729. The zero-order valence-corrected chi connectivity index (χ0v) is 18.3. The standard InChI is InChI=1S/C22H30FN5O3/c1-22(2,3)20-26-18(31-27-20)9-10-19(29)28-11-5-6-15(14-28)13-24-21(30)25-17-8-4-7-16(23)12-17/h4,7-8,12,15H,5-6,9-11,13-14H2,1-3H3,(H2,24,25,30). The Kier molecular flexibility index (Phi) is 7.25. The number of benzene rings is 1. The third-order valence-electron chi connectivity index (χ3n) is 5.20. The third-order valence-corrected chi connectivity index (χ3v) is 5.20. The van der Waals surface area contributed by atoms with E-state index in [0.717, 1.165) is 12.8 Å². The predicted octanol–water partition coefficient (Wildman–Crippen LogP) is 3.50. The van der Waals surface area contributed by atoms with Crippen LogP contribution in [0.4, 0.5) is 14.9 Å². The van der Waals surface area contributed by atoms with Crippen LogP contribution in [0.15, 0.2) is 28.8 Å². The largest absolute Gasteiger partial charge is 0.342 e. The van der Waals surface area contributed by atoms with Crippen molar-refractivity contribution in [1.29, 1.82) is 0 Å². The van der Waals surface area contributed by atoms with Crippen molar-refractivity contribution in [3.8, 4) is 0 Å². The lowest BCUT2D eigenvalue weighted by atomic mass is 9.96. The monoisotopic (exact) mass is 431 g/mol. The highest BCUT2D eigenvalue weighted by atomic mass is 19.1. The van der Waals surface area contributed by atoms with Crippen LogP contribution in [-0.4, -0.2) is 46.6 Å². The van der Waals surface area contributed by atoms with Gasteiger partial charge in [0.15, 0.2) is 5.82 Å². The van der Waals surface area contributed by atoms with Gasteiger partial charge in [0.05, 0.1) is 0 Å². The molecule has 0 bridgehead atoms. The summed E-state index contributed by atoms with van der Waals surface area (Å²) in [5, 5.41) is 9.41. The predicted molar refractivity (Wildman–Crippen MR) is 114 cm³/mol. The summed E-state index contributed by atoms with van der Waals surface area (Å²) in [6.07, 6.45) is 2.55. The fourth-order valence-corrected chi connectivity index (χ4v) is 3.47. The van der Waals surface area contributed by atoms with E-state index in [2.05, 4.69) is 20.8 Å². The number of hydrogen-bond donors (Lipinski definition) is 2. The first-order chi connectivity index (χ1) is 14.7. The number of rotatable bonds is 6. The van der Waals surface area contributed by atoms with E-state index in [-0.39, 0.29) is 23.3 Å². The Bertz CT molecular complexity index is 909.